The summed E-state index contributed by atoms with van der Waals surface area (Å²) >= 11 is 6.04. The second-order valence-electron chi connectivity index (χ2n) is 9.50. The number of amides is 2. The summed E-state index contributed by atoms with van der Waals surface area (Å²) in [6, 6.07) is 20.2. The first-order chi connectivity index (χ1) is 21.1. The fraction of sp³-hybridized carbons (Fsp3) is 0.188. The number of nitrogens with one attached hydrogen (secondary N) is 2. The summed E-state index contributed by atoms with van der Waals surface area (Å²) in [5, 5.41) is 11.8. The maximum absolute atomic E-state index is 13.3. The van der Waals surface area contributed by atoms with Crippen molar-refractivity contribution in [3.63, 3.8) is 0 Å². The van der Waals surface area contributed by atoms with Crippen LogP contribution in [0.5, 0.6) is 0 Å². The fourth-order valence-corrected chi connectivity index (χ4v) is 4.29. The molecule has 0 bridgehead atoms. The normalized spacial score (nSPS) is 10.9. The molecule has 2 amide bonds. The van der Waals surface area contributed by atoms with Crippen LogP contribution in [0.1, 0.15) is 52.6 Å². The number of nitro groups is 1. The molecule has 0 fully saturated rings. The number of hydrogen-bond donors (Lipinski definition) is 2. The Kier molecular flexibility index (Phi) is 11.9. The molecule has 228 valence electrons. The van der Waals surface area contributed by atoms with Gasteiger partial charge in [0.15, 0.2) is 0 Å². The molecule has 4 aromatic rings. The first kappa shape index (κ1) is 33.2. The van der Waals surface area contributed by atoms with Gasteiger partial charge in [-0.25, -0.2) is 4.79 Å². The highest BCUT2D eigenvalue weighted by atomic mass is 35.5. The van der Waals surface area contributed by atoms with Gasteiger partial charge >= 0.3 is 5.97 Å². The van der Waals surface area contributed by atoms with E-state index in [1.807, 2.05) is 6.07 Å². The Morgan fingerprint density at radius 2 is 1.57 bits per heavy atom. The van der Waals surface area contributed by atoms with Gasteiger partial charge in [0.25, 0.3) is 23.1 Å². The van der Waals surface area contributed by atoms with Gasteiger partial charge in [-0.05, 0) is 53.6 Å². The van der Waals surface area contributed by atoms with Crippen molar-refractivity contribution in [3.8, 4) is 11.1 Å². The van der Waals surface area contributed by atoms with Crippen molar-refractivity contribution in [2.24, 2.45) is 0 Å². The Morgan fingerprint density at radius 1 is 0.932 bits per heavy atom. The number of rotatable bonds is 8. The Bertz CT molecular complexity index is 1690. The SMILES string of the molecule is CCC.COC(=O)c1ccc(C(=O)NNC(=O)C(Cc2ccccc2)n2ccc(-c3cc(Cl)ccc3[N+](=O)[O-])cc2=O)cc1. The number of benzene rings is 3. The molecule has 1 atom stereocenters. The predicted molar refractivity (Wildman–Crippen MR) is 166 cm³/mol. The molecule has 0 aliphatic carbocycles. The van der Waals surface area contributed by atoms with E-state index in [0.717, 1.165) is 5.56 Å². The number of hydrogen-bond acceptors (Lipinski definition) is 7. The Labute approximate surface area is 258 Å². The summed E-state index contributed by atoms with van der Waals surface area (Å²) in [5.41, 5.74) is 5.42. The minimum Gasteiger partial charge on any atom is -0.465 e. The van der Waals surface area contributed by atoms with Crippen LogP contribution in [0.3, 0.4) is 0 Å². The summed E-state index contributed by atoms with van der Waals surface area (Å²) < 4.78 is 5.82. The second kappa shape index (κ2) is 15.8. The molecule has 0 spiro atoms. The lowest BCUT2D eigenvalue weighted by Gasteiger charge is -2.20. The fourth-order valence-electron chi connectivity index (χ4n) is 4.12. The molecule has 1 heterocycles. The van der Waals surface area contributed by atoms with E-state index in [1.165, 1.54) is 78.9 Å². The number of nitro benzene ring substituents is 1. The number of aromatic nitrogens is 1. The highest BCUT2D eigenvalue weighted by Gasteiger charge is 2.24. The zero-order valence-electron chi connectivity index (χ0n) is 24.3. The van der Waals surface area contributed by atoms with Crippen molar-refractivity contribution < 1.29 is 24.0 Å². The molecule has 0 saturated heterocycles. The standard InChI is InChI=1S/C29H23ClN4O7.C3H8/c1-41-29(38)20-9-7-19(8-10-20)27(36)31-32-28(37)25(15-18-5-3-2-4-6-18)33-14-13-21(16-26(33)35)23-17-22(30)11-12-24(23)34(39)40;1-3-2/h2-14,16-17,25H,15H2,1H3,(H,31,36)(H,32,37);3H2,1-2H3. The molecule has 11 nitrogen and oxygen atoms in total. The average molecular weight is 619 g/mol. The maximum Gasteiger partial charge on any atom is 0.337 e. The molecule has 0 aliphatic heterocycles. The number of hydrazine groups is 1. The highest BCUT2D eigenvalue weighted by Crippen LogP contribution is 2.31. The van der Waals surface area contributed by atoms with Crippen LogP contribution in [-0.4, -0.2) is 34.4 Å². The van der Waals surface area contributed by atoms with Gasteiger partial charge in [-0.15, -0.1) is 0 Å². The van der Waals surface area contributed by atoms with Crippen molar-refractivity contribution in [1.29, 1.82) is 0 Å². The Morgan fingerprint density at radius 3 is 2.16 bits per heavy atom. The quantitative estimate of drug-likeness (QED) is 0.150. The van der Waals surface area contributed by atoms with Crippen LogP contribution in [0.4, 0.5) is 5.69 Å². The van der Waals surface area contributed by atoms with Crippen LogP contribution in [0.15, 0.2) is 95.9 Å². The van der Waals surface area contributed by atoms with Crippen molar-refractivity contribution in [1.82, 2.24) is 15.4 Å². The molecule has 0 aliphatic rings. The van der Waals surface area contributed by atoms with Crippen LogP contribution in [0.25, 0.3) is 11.1 Å². The third-order valence-corrected chi connectivity index (χ3v) is 6.43. The number of carbonyl (C=O) groups is 3. The minimum atomic E-state index is -1.09. The van der Waals surface area contributed by atoms with Gasteiger partial charge in [0.2, 0.25) is 0 Å². The zero-order chi connectivity index (χ0) is 32.2. The Balaban J connectivity index is 0.00000169. The van der Waals surface area contributed by atoms with Gasteiger partial charge in [0, 0.05) is 35.3 Å². The van der Waals surface area contributed by atoms with Gasteiger partial charge in [-0.1, -0.05) is 62.2 Å². The summed E-state index contributed by atoms with van der Waals surface area (Å²) in [7, 11) is 1.24. The number of methoxy groups -OCH3 is 1. The van der Waals surface area contributed by atoms with Crippen LogP contribution in [0.2, 0.25) is 5.02 Å². The van der Waals surface area contributed by atoms with Crippen molar-refractivity contribution >= 4 is 35.1 Å². The first-order valence-electron chi connectivity index (χ1n) is 13.6. The first-order valence-corrected chi connectivity index (χ1v) is 14.0. The molecule has 1 aromatic heterocycles. The number of pyridine rings is 1. The van der Waals surface area contributed by atoms with E-state index >= 15 is 0 Å². The molecule has 2 N–H and O–H groups in total. The molecule has 0 saturated carbocycles. The van der Waals surface area contributed by atoms with E-state index in [9.17, 15) is 29.3 Å². The summed E-state index contributed by atoms with van der Waals surface area (Å²) in [5.74, 6) is -1.89. The number of carbonyl (C=O) groups excluding carboxylic acids is 3. The van der Waals surface area contributed by atoms with Crippen molar-refractivity contribution in [2.75, 3.05) is 7.11 Å². The van der Waals surface area contributed by atoms with E-state index in [4.69, 9.17) is 11.6 Å². The van der Waals surface area contributed by atoms with Crippen LogP contribution in [0, 0.1) is 10.1 Å². The number of esters is 1. The van der Waals surface area contributed by atoms with Crippen molar-refractivity contribution in [2.45, 2.75) is 32.7 Å². The third kappa shape index (κ3) is 8.62. The molecule has 44 heavy (non-hydrogen) atoms. The lowest BCUT2D eigenvalue weighted by atomic mass is 10.0. The third-order valence-electron chi connectivity index (χ3n) is 6.19. The van der Waals surface area contributed by atoms with Crippen LogP contribution < -0.4 is 16.4 Å². The summed E-state index contributed by atoms with van der Waals surface area (Å²) in [6.07, 6.45) is 2.72. The van der Waals surface area contributed by atoms with Crippen molar-refractivity contribution in [3.05, 3.63) is 133 Å². The molecule has 0 radical (unpaired) electrons. The zero-order valence-corrected chi connectivity index (χ0v) is 25.0. The minimum absolute atomic E-state index is 0.104. The van der Waals surface area contributed by atoms with Gasteiger partial charge in [0.1, 0.15) is 6.04 Å². The van der Waals surface area contributed by atoms with Gasteiger partial charge in [-0.3, -0.25) is 35.3 Å². The Hall–Kier alpha value is -5.29. The van der Waals surface area contributed by atoms with E-state index in [-0.39, 0.29) is 39.4 Å². The van der Waals surface area contributed by atoms with E-state index in [1.54, 1.807) is 24.3 Å². The van der Waals surface area contributed by atoms with E-state index < -0.39 is 34.3 Å². The van der Waals surface area contributed by atoms with Gasteiger partial charge < -0.3 is 9.30 Å². The summed E-state index contributed by atoms with van der Waals surface area (Å²) in [6.45, 7) is 4.25. The molecule has 3 aromatic carbocycles. The smallest absolute Gasteiger partial charge is 0.337 e. The molecule has 1 unspecified atom stereocenters. The lowest BCUT2D eigenvalue weighted by molar-refractivity contribution is -0.384. The number of halogens is 1. The summed E-state index contributed by atoms with van der Waals surface area (Å²) in [4.78, 5) is 61.7. The molecular weight excluding hydrogens is 588 g/mol. The van der Waals surface area contributed by atoms with Crippen LogP contribution >= 0.6 is 11.6 Å². The van der Waals surface area contributed by atoms with E-state index in [0.29, 0.717) is 0 Å². The topological polar surface area (TPSA) is 150 Å². The van der Waals surface area contributed by atoms with E-state index in [2.05, 4.69) is 29.4 Å². The lowest BCUT2D eigenvalue weighted by Crippen LogP contribution is -2.47. The predicted octanol–water partition coefficient (Wildman–Crippen LogP) is 5.52. The maximum atomic E-state index is 13.3. The number of nitrogens with zero attached hydrogens (tertiary/aromatic N) is 2. The average Bonchev–Trinajstić information content (AvgIpc) is 3.02. The monoisotopic (exact) mass is 618 g/mol. The molecular formula is C32H31ClN4O7. The molecule has 12 heteroatoms. The number of ether oxygens (including phenoxy) is 1. The second-order valence-corrected chi connectivity index (χ2v) is 9.94. The van der Waals surface area contributed by atoms with Gasteiger partial charge in [-0.2, -0.15) is 0 Å². The largest absolute Gasteiger partial charge is 0.465 e. The van der Waals surface area contributed by atoms with Crippen LogP contribution in [-0.2, 0) is 16.0 Å². The van der Waals surface area contributed by atoms with Gasteiger partial charge in [0.05, 0.1) is 23.2 Å². The molecule has 4 rings (SSSR count). The highest BCUT2D eigenvalue weighted by molar-refractivity contribution is 6.31.